The van der Waals surface area contributed by atoms with Crippen molar-refractivity contribution in [3.05, 3.63) is 0 Å². The van der Waals surface area contributed by atoms with Gasteiger partial charge in [0, 0.05) is 6.54 Å². The van der Waals surface area contributed by atoms with Crippen LogP contribution in [0.1, 0.15) is 38.5 Å². The Kier molecular flexibility index (Phi) is 5.50. The SMILES string of the molecule is O=C(CN1CSCC1=O)NCC1(C(=O)O)CCCCCC1. The Hall–Kier alpha value is -1.24. The number of carboxylic acid groups (broad SMARTS) is 1. The number of nitrogens with one attached hydrogen (secondary N) is 1. The maximum Gasteiger partial charge on any atom is 0.311 e. The molecular formula is C14H22N2O4S. The van der Waals surface area contributed by atoms with Crippen LogP contribution < -0.4 is 5.32 Å². The Morgan fingerprint density at radius 1 is 1.24 bits per heavy atom. The molecule has 0 radical (unpaired) electrons. The van der Waals surface area contributed by atoms with Gasteiger partial charge in [0.25, 0.3) is 0 Å². The third-order valence-corrected chi connectivity index (χ3v) is 5.24. The van der Waals surface area contributed by atoms with Crippen molar-refractivity contribution in [1.82, 2.24) is 10.2 Å². The first-order valence-corrected chi connectivity index (χ1v) is 8.55. The lowest BCUT2D eigenvalue weighted by Gasteiger charge is -2.28. The second-order valence-corrected chi connectivity index (χ2v) is 6.80. The Morgan fingerprint density at radius 3 is 2.43 bits per heavy atom. The fourth-order valence-electron chi connectivity index (χ4n) is 2.91. The molecule has 2 amide bonds. The molecule has 1 aliphatic carbocycles. The van der Waals surface area contributed by atoms with E-state index >= 15 is 0 Å². The first-order chi connectivity index (χ1) is 10.0. The van der Waals surface area contributed by atoms with E-state index in [-0.39, 0.29) is 24.9 Å². The molecule has 0 unspecified atom stereocenters. The van der Waals surface area contributed by atoms with Gasteiger partial charge in [-0.2, -0.15) is 0 Å². The number of hydrogen-bond acceptors (Lipinski definition) is 4. The van der Waals surface area contributed by atoms with E-state index in [0.29, 0.717) is 24.5 Å². The molecule has 2 fully saturated rings. The van der Waals surface area contributed by atoms with Crippen molar-refractivity contribution in [3.63, 3.8) is 0 Å². The average molecular weight is 314 g/mol. The Labute approximate surface area is 128 Å². The summed E-state index contributed by atoms with van der Waals surface area (Å²) in [7, 11) is 0. The summed E-state index contributed by atoms with van der Waals surface area (Å²) >= 11 is 1.49. The number of rotatable bonds is 5. The van der Waals surface area contributed by atoms with Crippen LogP contribution in [0.5, 0.6) is 0 Å². The van der Waals surface area contributed by atoms with Crippen molar-refractivity contribution in [2.45, 2.75) is 38.5 Å². The fourth-order valence-corrected chi connectivity index (χ4v) is 3.81. The summed E-state index contributed by atoms with van der Waals surface area (Å²) in [6.07, 6.45) is 5.13. The molecule has 0 bridgehead atoms. The molecule has 2 aliphatic rings. The number of amides is 2. The zero-order valence-corrected chi connectivity index (χ0v) is 12.9. The number of aliphatic carboxylic acids is 1. The van der Waals surface area contributed by atoms with Gasteiger partial charge in [-0.3, -0.25) is 14.4 Å². The summed E-state index contributed by atoms with van der Waals surface area (Å²) < 4.78 is 0. The lowest BCUT2D eigenvalue weighted by molar-refractivity contribution is -0.150. The van der Waals surface area contributed by atoms with E-state index in [4.69, 9.17) is 0 Å². The van der Waals surface area contributed by atoms with E-state index in [2.05, 4.69) is 5.32 Å². The number of thioether (sulfide) groups is 1. The van der Waals surface area contributed by atoms with Crippen LogP contribution in [0.3, 0.4) is 0 Å². The van der Waals surface area contributed by atoms with Gasteiger partial charge in [0.1, 0.15) is 6.54 Å². The predicted molar refractivity (Wildman–Crippen MR) is 79.8 cm³/mol. The van der Waals surface area contributed by atoms with Crippen molar-refractivity contribution in [3.8, 4) is 0 Å². The van der Waals surface area contributed by atoms with Crippen LogP contribution in [-0.4, -0.2) is 52.5 Å². The Bertz CT molecular complexity index is 419. The van der Waals surface area contributed by atoms with Gasteiger partial charge >= 0.3 is 5.97 Å². The van der Waals surface area contributed by atoms with Crippen LogP contribution in [0.4, 0.5) is 0 Å². The van der Waals surface area contributed by atoms with E-state index in [1.807, 2.05) is 0 Å². The highest BCUT2D eigenvalue weighted by atomic mass is 32.2. The maximum atomic E-state index is 11.9. The molecule has 1 saturated heterocycles. The lowest BCUT2D eigenvalue weighted by atomic mass is 9.80. The van der Waals surface area contributed by atoms with Gasteiger partial charge in [-0.05, 0) is 12.8 Å². The van der Waals surface area contributed by atoms with Crippen LogP contribution in [0, 0.1) is 5.41 Å². The summed E-state index contributed by atoms with van der Waals surface area (Å²) in [4.78, 5) is 36.5. The molecule has 0 aromatic heterocycles. The Balaban J connectivity index is 1.87. The number of carbonyl (C=O) groups is 3. The van der Waals surface area contributed by atoms with E-state index in [0.717, 1.165) is 25.7 Å². The van der Waals surface area contributed by atoms with Crippen molar-refractivity contribution in [1.29, 1.82) is 0 Å². The molecule has 118 valence electrons. The molecule has 1 saturated carbocycles. The van der Waals surface area contributed by atoms with E-state index in [1.165, 1.54) is 16.7 Å². The third-order valence-electron chi connectivity index (χ3n) is 4.30. The zero-order chi connectivity index (χ0) is 15.3. The standard InChI is InChI=1S/C14H22N2O4S/c17-11(7-16-10-21-8-12(16)18)15-9-14(13(19)20)5-3-1-2-4-6-14/h1-10H2,(H,15,17)(H,19,20). The topological polar surface area (TPSA) is 86.7 Å². The molecule has 0 aromatic rings. The number of carboxylic acids is 1. The van der Waals surface area contributed by atoms with Gasteiger partial charge in [0.15, 0.2) is 0 Å². The second-order valence-electron chi connectivity index (χ2n) is 5.85. The molecule has 2 rings (SSSR count). The van der Waals surface area contributed by atoms with E-state index < -0.39 is 11.4 Å². The Morgan fingerprint density at radius 2 is 1.90 bits per heavy atom. The molecular weight excluding hydrogens is 292 g/mol. The minimum Gasteiger partial charge on any atom is -0.481 e. The highest BCUT2D eigenvalue weighted by Crippen LogP contribution is 2.34. The largest absolute Gasteiger partial charge is 0.481 e. The molecule has 7 heteroatoms. The molecule has 1 heterocycles. The third kappa shape index (κ3) is 4.12. The normalized spacial score (nSPS) is 21.9. The minimum atomic E-state index is -0.837. The van der Waals surface area contributed by atoms with E-state index in [1.54, 1.807) is 0 Å². The summed E-state index contributed by atoms with van der Waals surface area (Å²) in [5, 5.41) is 12.3. The molecule has 0 aromatic carbocycles. The van der Waals surface area contributed by atoms with Gasteiger partial charge < -0.3 is 15.3 Å². The summed E-state index contributed by atoms with van der Waals surface area (Å²) in [5.74, 6) is -0.159. The molecule has 6 nitrogen and oxygen atoms in total. The molecule has 0 spiro atoms. The van der Waals surface area contributed by atoms with Crippen molar-refractivity contribution in [2.24, 2.45) is 5.41 Å². The average Bonchev–Trinajstić information content (AvgIpc) is 2.72. The van der Waals surface area contributed by atoms with Crippen molar-refractivity contribution >= 4 is 29.5 Å². The van der Waals surface area contributed by atoms with Gasteiger partial charge in [0.05, 0.1) is 17.0 Å². The van der Waals surface area contributed by atoms with Gasteiger partial charge in [0.2, 0.25) is 11.8 Å². The first-order valence-electron chi connectivity index (χ1n) is 7.39. The van der Waals surface area contributed by atoms with Crippen LogP contribution >= 0.6 is 11.8 Å². The number of hydrogen-bond donors (Lipinski definition) is 2. The summed E-state index contributed by atoms with van der Waals surface area (Å²) in [6.45, 7) is 0.192. The molecule has 2 N–H and O–H groups in total. The van der Waals surface area contributed by atoms with Gasteiger partial charge in [-0.1, -0.05) is 25.7 Å². The molecule has 1 aliphatic heterocycles. The molecule has 0 atom stereocenters. The number of nitrogens with zero attached hydrogens (tertiary/aromatic N) is 1. The van der Waals surface area contributed by atoms with Crippen molar-refractivity contribution < 1.29 is 19.5 Å². The van der Waals surface area contributed by atoms with E-state index in [9.17, 15) is 19.5 Å². The minimum absolute atomic E-state index is 0.0293. The summed E-state index contributed by atoms with van der Waals surface area (Å²) in [6, 6.07) is 0. The van der Waals surface area contributed by atoms with Crippen LogP contribution in [0.2, 0.25) is 0 Å². The monoisotopic (exact) mass is 314 g/mol. The lowest BCUT2D eigenvalue weighted by Crippen LogP contribution is -2.46. The van der Waals surface area contributed by atoms with Crippen LogP contribution in [-0.2, 0) is 14.4 Å². The quantitative estimate of drug-likeness (QED) is 0.741. The molecule has 21 heavy (non-hydrogen) atoms. The van der Waals surface area contributed by atoms with Gasteiger partial charge in [-0.25, -0.2) is 0 Å². The maximum absolute atomic E-state index is 11.9. The summed E-state index contributed by atoms with van der Waals surface area (Å²) in [5.41, 5.74) is -0.837. The van der Waals surface area contributed by atoms with Crippen LogP contribution in [0.25, 0.3) is 0 Å². The second kappa shape index (κ2) is 7.15. The fraction of sp³-hybridized carbons (Fsp3) is 0.786. The predicted octanol–water partition coefficient (Wildman–Crippen LogP) is 1.06. The first kappa shape index (κ1) is 16.1. The zero-order valence-electron chi connectivity index (χ0n) is 12.1. The van der Waals surface area contributed by atoms with Crippen LogP contribution in [0.15, 0.2) is 0 Å². The van der Waals surface area contributed by atoms with Crippen molar-refractivity contribution in [2.75, 3.05) is 24.7 Å². The van der Waals surface area contributed by atoms with Gasteiger partial charge in [-0.15, -0.1) is 11.8 Å². The smallest absolute Gasteiger partial charge is 0.311 e. The highest BCUT2D eigenvalue weighted by Gasteiger charge is 2.39. The number of carbonyl (C=O) groups excluding carboxylic acids is 2. The highest BCUT2D eigenvalue weighted by molar-refractivity contribution is 8.00.